The molecule has 0 bridgehead atoms. The first-order valence-corrected chi connectivity index (χ1v) is 5.62. The molecule has 0 aliphatic rings. The molecular weight excluding hydrogens is 332 g/mol. The van der Waals surface area contributed by atoms with Crippen molar-refractivity contribution < 1.29 is 49.2 Å². The summed E-state index contributed by atoms with van der Waals surface area (Å²) in [5, 5.41) is 31.7. The van der Waals surface area contributed by atoms with Gasteiger partial charge in [0.15, 0.2) is 0 Å². The lowest BCUT2D eigenvalue weighted by Gasteiger charge is -1.88. The van der Waals surface area contributed by atoms with Crippen molar-refractivity contribution in [3.05, 3.63) is 0 Å². The van der Waals surface area contributed by atoms with Gasteiger partial charge in [0, 0.05) is 41.5 Å². The predicted octanol–water partition coefficient (Wildman–Crippen LogP) is 0.195. The molecule has 24 heavy (non-hydrogen) atoms. The minimum Gasteiger partial charge on any atom is -0.481 e. The highest BCUT2D eigenvalue weighted by molar-refractivity contribution is 5.92. The second kappa shape index (κ2) is 28.2. The van der Waals surface area contributed by atoms with Gasteiger partial charge in [0.1, 0.15) is 0 Å². The molecule has 0 radical (unpaired) electrons. The van der Waals surface area contributed by atoms with E-state index >= 15 is 0 Å². The van der Waals surface area contributed by atoms with Gasteiger partial charge in [0.2, 0.25) is 11.8 Å². The van der Waals surface area contributed by atoms with Crippen LogP contribution in [0.2, 0.25) is 0 Å². The number of rotatable bonds is 0. The third-order valence-electron chi connectivity index (χ3n) is 0.352. The second-order valence-corrected chi connectivity index (χ2v) is 3.31. The molecule has 12 heteroatoms. The van der Waals surface area contributed by atoms with E-state index in [4.69, 9.17) is 39.6 Å². The molecule has 0 rings (SSSR count). The van der Waals surface area contributed by atoms with Crippen molar-refractivity contribution >= 4 is 35.7 Å². The first kappa shape index (κ1) is 37.3. The normalized spacial score (nSPS) is 6.42. The van der Waals surface area contributed by atoms with Crippen molar-refractivity contribution in [1.29, 1.82) is 0 Å². The largest absolute Gasteiger partial charge is 0.481 e. The third kappa shape index (κ3) is 6390. The Morgan fingerprint density at radius 1 is 0.500 bits per heavy atom. The summed E-state index contributed by atoms with van der Waals surface area (Å²) < 4.78 is 0. The van der Waals surface area contributed by atoms with Gasteiger partial charge >= 0.3 is 0 Å². The molecule has 144 valence electrons. The van der Waals surface area contributed by atoms with Crippen LogP contribution in [0.25, 0.3) is 0 Å². The lowest BCUT2D eigenvalue weighted by molar-refractivity contribution is -0.135. The fourth-order valence-corrected chi connectivity index (χ4v) is 0.248. The molecule has 0 aliphatic carbocycles. The summed E-state index contributed by atoms with van der Waals surface area (Å²) in [6, 6.07) is 0. The number of imide groups is 1. The van der Waals surface area contributed by atoms with E-state index in [0.717, 1.165) is 27.7 Å². The van der Waals surface area contributed by atoms with Crippen LogP contribution in [0.15, 0.2) is 0 Å². The summed E-state index contributed by atoms with van der Waals surface area (Å²) in [6.45, 7) is 6.92. The summed E-state index contributed by atoms with van der Waals surface area (Å²) in [5.41, 5.74) is 0. The first-order valence-electron chi connectivity index (χ1n) is 5.62. The maximum absolute atomic E-state index is 9.92. The molecule has 2 amide bonds. The van der Waals surface area contributed by atoms with Crippen molar-refractivity contribution in [2.45, 2.75) is 41.5 Å². The molecule has 0 unspecified atom stereocenters. The number of carbonyl (C=O) groups excluding carboxylic acids is 2. The monoisotopic (exact) mass is 358 g/mol. The van der Waals surface area contributed by atoms with Gasteiger partial charge in [-0.1, -0.05) is 0 Å². The fourth-order valence-electron chi connectivity index (χ4n) is 0.248. The number of amides is 2. The summed E-state index contributed by atoms with van der Waals surface area (Å²) in [4.78, 5) is 55.8. The summed E-state index contributed by atoms with van der Waals surface area (Å²) in [7, 11) is 0. The van der Waals surface area contributed by atoms with Crippen LogP contribution in [0.1, 0.15) is 41.5 Å². The van der Waals surface area contributed by atoms with Crippen molar-refractivity contribution in [2.75, 3.05) is 0 Å². The summed E-state index contributed by atoms with van der Waals surface area (Å²) >= 11 is 0. The zero-order valence-electron chi connectivity index (χ0n) is 14.4. The Kier molecular flexibility index (Phi) is 43.8. The maximum Gasteiger partial charge on any atom is 0.300 e. The zero-order chi connectivity index (χ0) is 20.2. The van der Waals surface area contributed by atoms with Gasteiger partial charge < -0.3 is 26.6 Å². The first-order chi connectivity index (χ1) is 10.1. The Morgan fingerprint density at radius 2 is 0.583 bits per heavy atom. The predicted molar refractivity (Wildman–Crippen MR) is 82.8 cm³/mol. The third-order valence-corrected chi connectivity index (χ3v) is 0.352. The number of carbonyl (C=O) groups is 6. The Labute approximate surface area is 139 Å². The number of carboxylic acids is 4. The highest BCUT2D eigenvalue weighted by atomic mass is 16.4. The van der Waals surface area contributed by atoms with Crippen molar-refractivity contribution in [3.63, 3.8) is 0 Å². The van der Waals surface area contributed by atoms with Crippen LogP contribution in [-0.2, 0) is 28.8 Å². The Morgan fingerprint density at radius 3 is 0.583 bits per heavy atom. The Bertz CT molecular complexity index is 317. The number of nitrogens with one attached hydrogen (secondary N) is 1. The van der Waals surface area contributed by atoms with Gasteiger partial charge in [0.25, 0.3) is 23.9 Å². The number of hydrogen-bond acceptors (Lipinski definition) is 7. The van der Waals surface area contributed by atoms with E-state index in [-0.39, 0.29) is 18.0 Å². The van der Waals surface area contributed by atoms with Crippen molar-refractivity contribution in [3.8, 4) is 0 Å². The van der Waals surface area contributed by atoms with Crippen LogP contribution < -0.4 is 11.5 Å². The van der Waals surface area contributed by atoms with Gasteiger partial charge in [-0.3, -0.25) is 34.1 Å². The standard InChI is InChI=1S/C4H7NO2.4C2H4O2.H3N/c1-3(6)5-4(2)7;4*1-2(3)4;/h1-2H3,(H,5,6,7);4*1H3,(H,3,4);1H3. The average Bonchev–Trinajstić information content (AvgIpc) is 2.09. The van der Waals surface area contributed by atoms with Crippen LogP contribution >= 0.6 is 0 Å². The summed E-state index contributed by atoms with van der Waals surface area (Å²) in [6.07, 6.45) is 0. The number of aliphatic carboxylic acids is 4. The lowest BCUT2D eigenvalue weighted by Crippen LogP contribution is -2.24. The average molecular weight is 358 g/mol. The SMILES string of the molecule is CC(=O)NC(C)=O.CC(=O)O.CC(=O)O.CC(=O)O.CC(=O)O.N. The lowest BCUT2D eigenvalue weighted by atomic mass is 10.6. The van der Waals surface area contributed by atoms with Crippen LogP contribution in [0.5, 0.6) is 0 Å². The molecule has 12 nitrogen and oxygen atoms in total. The molecule has 0 aromatic rings. The van der Waals surface area contributed by atoms with Crippen molar-refractivity contribution in [1.82, 2.24) is 11.5 Å². The van der Waals surface area contributed by atoms with E-state index in [2.05, 4.69) is 0 Å². The molecule has 0 saturated carbocycles. The zero-order valence-corrected chi connectivity index (χ0v) is 14.4. The molecule has 0 aromatic carbocycles. The van der Waals surface area contributed by atoms with Gasteiger partial charge in [-0.15, -0.1) is 0 Å². The highest BCUT2D eigenvalue weighted by Gasteiger charge is 1.90. The Hall–Kier alpha value is -3.02. The second-order valence-electron chi connectivity index (χ2n) is 3.31. The van der Waals surface area contributed by atoms with Gasteiger partial charge in [-0.05, 0) is 0 Å². The Balaban J connectivity index is -0.0000000429. The van der Waals surface area contributed by atoms with E-state index in [9.17, 15) is 9.59 Å². The maximum atomic E-state index is 9.92. The topological polar surface area (TPSA) is 230 Å². The molecule has 8 N–H and O–H groups in total. The highest BCUT2D eigenvalue weighted by Crippen LogP contribution is 1.58. The van der Waals surface area contributed by atoms with E-state index < -0.39 is 23.9 Å². The van der Waals surface area contributed by atoms with Crippen LogP contribution in [0.3, 0.4) is 0 Å². The van der Waals surface area contributed by atoms with E-state index in [0.29, 0.717) is 0 Å². The molecule has 0 fully saturated rings. The summed E-state index contributed by atoms with van der Waals surface area (Å²) in [5.74, 6) is -3.96. The van der Waals surface area contributed by atoms with Gasteiger partial charge in [-0.2, -0.15) is 0 Å². The van der Waals surface area contributed by atoms with Crippen LogP contribution in [-0.4, -0.2) is 56.1 Å². The molecule has 0 aliphatic heterocycles. The van der Waals surface area contributed by atoms with Crippen LogP contribution in [0.4, 0.5) is 0 Å². The van der Waals surface area contributed by atoms with Crippen LogP contribution in [0, 0.1) is 0 Å². The van der Waals surface area contributed by atoms with E-state index in [1.165, 1.54) is 13.8 Å². The minimum absolute atomic E-state index is 0. The molecule has 0 spiro atoms. The molecular formula is C12H26N2O10. The fraction of sp³-hybridized carbons (Fsp3) is 0.500. The van der Waals surface area contributed by atoms with E-state index in [1.807, 2.05) is 5.32 Å². The van der Waals surface area contributed by atoms with Gasteiger partial charge in [0.05, 0.1) is 0 Å². The van der Waals surface area contributed by atoms with Crippen molar-refractivity contribution in [2.24, 2.45) is 0 Å². The number of hydrogen-bond donors (Lipinski definition) is 6. The minimum atomic E-state index is -0.833. The molecule has 0 heterocycles. The van der Waals surface area contributed by atoms with Gasteiger partial charge in [-0.25, -0.2) is 0 Å². The smallest absolute Gasteiger partial charge is 0.300 e. The molecule has 0 atom stereocenters. The molecule has 0 saturated heterocycles. The molecule has 0 aromatic heterocycles. The van der Waals surface area contributed by atoms with E-state index in [1.54, 1.807) is 0 Å². The number of carboxylic acid groups (broad SMARTS) is 4. The quantitative estimate of drug-likeness (QED) is 0.342.